The molecule has 4 rings (SSSR count). The Hall–Kier alpha value is -3.73. The second kappa shape index (κ2) is 8.96. The minimum atomic E-state index is -0.283. The smallest absolute Gasteiger partial charge is 0.142 e. The molecule has 0 aliphatic carbocycles. The zero-order valence-corrected chi connectivity index (χ0v) is 17.3. The van der Waals surface area contributed by atoms with Crippen LogP contribution in [0, 0.1) is 18.6 Å². The molecule has 0 N–H and O–H groups in total. The van der Waals surface area contributed by atoms with Crippen LogP contribution in [0.4, 0.5) is 8.78 Å². The number of nitrogens with zero attached hydrogens (tertiary/aromatic N) is 2. The highest BCUT2D eigenvalue weighted by Crippen LogP contribution is 2.30. The van der Waals surface area contributed by atoms with Crippen LogP contribution in [-0.2, 0) is 11.4 Å². The lowest BCUT2D eigenvalue weighted by Gasteiger charge is -2.12. The van der Waals surface area contributed by atoms with Crippen molar-refractivity contribution in [2.75, 3.05) is 0 Å². The van der Waals surface area contributed by atoms with E-state index in [1.165, 1.54) is 24.3 Å². The SMILES string of the molecule is C/C(=N/OCc1ccc(F)cc1)c1cc(-c2ccc(F)cc2)n(-c2ccccc2)c1C. The first kappa shape index (κ1) is 20.5. The summed E-state index contributed by atoms with van der Waals surface area (Å²) >= 11 is 0. The molecule has 1 heterocycles. The predicted octanol–water partition coefficient (Wildman–Crippen LogP) is 6.67. The second-order valence-corrected chi connectivity index (χ2v) is 7.28. The molecule has 0 spiro atoms. The molecule has 0 aliphatic rings. The van der Waals surface area contributed by atoms with E-state index in [0.29, 0.717) is 0 Å². The van der Waals surface area contributed by atoms with Crippen LogP contribution in [0.5, 0.6) is 0 Å². The Balaban J connectivity index is 1.69. The van der Waals surface area contributed by atoms with Crippen molar-refractivity contribution in [3.63, 3.8) is 0 Å². The summed E-state index contributed by atoms with van der Waals surface area (Å²) < 4.78 is 28.7. The maximum Gasteiger partial charge on any atom is 0.142 e. The van der Waals surface area contributed by atoms with Gasteiger partial charge in [-0.2, -0.15) is 0 Å². The lowest BCUT2D eigenvalue weighted by molar-refractivity contribution is 0.130. The fraction of sp³-hybridized carbons (Fsp3) is 0.115. The molecule has 0 radical (unpaired) electrons. The van der Waals surface area contributed by atoms with Crippen molar-refractivity contribution in [3.8, 4) is 16.9 Å². The number of benzene rings is 3. The third-order valence-corrected chi connectivity index (χ3v) is 5.14. The number of para-hydroxylation sites is 1. The molecule has 1 aromatic heterocycles. The Kier molecular flexibility index (Phi) is 5.94. The highest BCUT2D eigenvalue weighted by Gasteiger charge is 2.17. The van der Waals surface area contributed by atoms with Gasteiger partial charge in [-0.15, -0.1) is 0 Å². The van der Waals surface area contributed by atoms with Gasteiger partial charge in [0.25, 0.3) is 0 Å². The largest absolute Gasteiger partial charge is 0.391 e. The average Bonchev–Trinajstić information content (AvgIpc) is 3.13. The van der Waals surface area contributed by atoms with E-state index in [2.05, 4.69) is 9.72 Å². The van der Waals surface area contributed by atoms with Crippen molar-refractivity contribution in [1.29, 1.82) is 0 Å². The van der Waals surface area contributed by atoms with Crippen molar-refractivity contribution in [2.45, 2.75) is 20.5 Å². The van der Waals surface area contributed by atoms with Gasteiger partial charge in [0.2, 0.25) is 0 Å². The van der Waals surface area contributed by atoms with Gasteiger partial charge in [0.05, 0.1) is 11.4 Å². The minimum Gasteiger partial charge on any atom is -0.391 e. The highest BCUT2D eigenvalue weighted by molar-refractivity contribution is 6.01. The molecule has 0 aliphatic heterocycles. The van der Waals surface area contributed by atoms with Crippen molar-refractivity contribution < 1.29 is 13.6 Å². The Bertz CT molecular complexity index is 1190. The Labute approximate surface area is 180 Å². The van der Waals surface area contributed by atoms with Crippen LogP contribution < -0.4 is 0 Å². The molecule has 0 atom stereocenters. The summed E-state index contributed by atoms with van der Waals surface area (Å²) in [5.74, 6) is -0.555. The number of halogens is 2. The van der Waals surface area contributed by atoms with E-state index in [1.54, 1.807) is 24.3 Å². The first-order valence-corrected chi connectivity index (χ1v) is 9.98. The van der Waals surface area contributed by atoms with Crippen LogP contribution in [0.15, 0.2) is 90.1 Å². The van der Waals surface area contributed by atoms with Crippen LogP contribution in [0.2, 0.25) is 0 Å². The maximum atomic E-state index is 13.5. The van der Waals surface area contributed by atoms with Crippen LogP contribution in [0.25, 0.3) is 16.9 Å². The van der Waals surface area contributed by atoms with Crippen molar-refractivity contribution in [1.82, 2.24) is 4.57 Å². The van der Waals surface area contributed by atoms with Crippen molar-refractivity contribution in [3.05, 3.63) is 113 Å². The molecule has 0 saturated carbocycles. The van der Waals surface area contributed by atoms with Gasteiger partial charge in [-0.05, 0) is 79.6 Å². The summed E-state index contributed by atoms with van der Waals surface area (Å²) in [5.41, 5.74) is 6.33. The number of hydrogen-bond donors (Lipinski definition) is 0. The van der Waals surface area contributed by atoms with E-state index < -0.39 is 0 Å². The van der Waals surface area contributed by atoms with Gasteiger partial charge in [0.15, 0.2) is 0 Å². The number of oxime groups is 1. The highest BCUT2D eigenvalue weighted by atomic mass is 19.1. The quantitative estimate of drug-likeness (QED) is 0.255. The number of aromatic nitrogens is 1. The second-order valence-electron chi connectivity index (χ2n) is 7.28. The van der Waals surface area contributed by atoms with Crippen LogP contribution in [-0.4, -0.2) is 10.3 Å². The fourth-order valence-corrected chi connectivity index (χ4v) is 3.55. The van der Waals surface area contributed by atoms with Gasteiger partial charge < -0.3 is 9.40 Å². The van der Waals surface area contributed by atoms with Gasteiger partial charge in [0.1, 0.15) is 18.2 Å². The molecule has 5 heteroatoms. The molecule has 0 saturated heterocycles. The van der Waals surface area contributed by atoms with E-state index in [4.69, 9.17) is 4.84 Å². The predicted molar refractivity (Wildman–Crippen MR) is 119 cm³/mol. The zero-order valence-electron chi connectivity index (χ0n) is 17.3. The fourth-order valence-electron chi connectivity index (χ4n) is 3.55. The van der Waals surface area contributed by atoms with Crippen LogP contribution in [0.1, 0.15) is 23.7 Å². The van der Waals surface area contributed by atoms with Crippen LogP contribution >= 0.6 is 0 Å². The van der Waals surface area contributed by atoms with E-state index >= 15 is 0 Å². The summed E-state index contributed by atoms with van der Waals surface area (Å²) in [6.45, 7) is 4.16. The maximum absolute atomic E-state index is 13.5. The summed E-state index contributed by atoms with van der Waals surface area (Å²) in [4.78, 5) is 5.51. The molecule has 3 aromatic carbocycles. The number of hydrogen-bond acceptors (Lipinski definition) is 2. The van der Waals surface area contributed by atoms with E-state index in [9.17, 15) is 8.78 Å². The Morgan fingerprint density at radius 3 is 2.13 bits per heavy atom. The number of rotatable bonds is 6. The van der Waals surface area contributed by atoms with E-state index in [1.807, 2.05) is 50.2 Å². The van der Waals surface area contributed by atoms with Gasteiger partial charge in [-0.3, -0.25) is 0 Å². The molecular formula is C26H22F2N2O. The molecule has 31 heavy (non-hydrogen) atoms. The lowest BCUT2D eigenvalue weighted by atomic mass is 10.1. The first-order valence-electron chi connectivity index (χ1n) is 9.98. The molecule has 4 aromatic rings. The topological polar surface area (TPSA) is 26.5 Å². The van der Waals surface area contributed by atoms with E-state index in [0.717, 1.165) is 39.5 Å². The monoisotopic (exact) mass is 416 g/mol. The molecule has 0 fully saturated rings. The first-order chi connectivity index (χ1) is 15.0. The van der Waals surface area contributed by atoms with Gasteiger partial charge >= 0.3 is 0 Å². The van der Waals surface area contributed by atoms with Gasteiger partial charge in [-0.1, -0.05) is 35.5 Å². The summed E-state index contributed by atoms with van der Waals surface area (Å²) in [6, 6.07) is 24.6. The van der Waals surface area contributed by atoms with E-state index in [-0.39, 0.29) is 18.2 Å². The van der Waals surface area contributed by atoms with Crippen molar-refractivity contribution in [2.24, 2.45) is 5.16 Å². The normalized spacial score (nSPS) is 11.5. The van der Waals surface area contributed by atoms with Gasteiger partial charge in [0, 0.05) is 16.9 Å². The third-order valence-electron chi connectivity index (χ3n) is 5.14. The molecular weight excluding hydrogens is 394 g/mol. The van der Waals surface area contributed by atoms with Gasteiger partial charge in [-0.25, -0.2) is 8.78 Å². The van der Waals surface area contributed by atoms with Crippen LogP contribution in [0.3, 0.4) is 0 Å². The summed E-state index contributed by atoms with van der Waals surface area (Å²) in [6.07, 6.45) is 0. The van der Waals surface area contributed by atoms with Crippen molar-refractivity contribution >= 4 is 5.71 Å². The third kappa shape index (κ3) is 4.56. The zero-order chi connectivity index (χ0) is 21.8. The Morgan fingerprint density at radius 1 is 0.871 bits per heavy atom. The average molecular weight is 416 g/mol. The lowest BCUT2D eigenvalue weighted by Crippen LogP contribution is -2.02. The molecule has 0 amide bonds. The standard InChI is InChI=1S/C26H22F2N2O/c1-18(29-31-17-20-8-12-22(27)13-9-20)25-16-26(21-10-14-23(28)15-11-21)30(19(25)2)24-6-4-3-5-7-24/h3-16H,17H2,1-2H3/b29-18-. The molecule has 3 nitrogen and oxygen atoms in total. The summed E-state index contributed by atoms with van der Waals surface area (Å²) in [5, 5.41) is 4.28. The Morgan fingerprint density at radius 2 is 1.48 bits per heavy atom. The summed E-state index contributed by atoms with van der Waals surface area (Å²) in [7, 11) is 0. The molecule has 0 bridgehead atoms. The molecule has 0 unspecified atom stereocenters. The molecule has 156 valence electrons. The minimum absolute atomic E-state index is 0.251.